The van der Waals surface area contributed by atoms with Crippen LogP contribution in [-0.4, -0.2) is 65.7 Å². The molecule has 1 aliphatic carbocycles. The van der Waals surface area contributed by atoms with Gasteiger partial charge in [0.05, 0.1) is 12.6 Å². The predicted molar refractivity (Wildman–Crippen MR) is 138 cm³/mol. The first-order valence-electron chi connectivity index (χ1n) is 13.6. The van der Waals surface area contributed by atoms with Gasteiger partial charge >= 0.3 is 11.9 Å². The molecular weight excluding hydrogens is 458 g/mol. The van der Waals surface area contributed by atoms with E-state index in [2.05, 4.69) is 5.32 Å². The minimum atomic E-state index is -0.947. The number of carboxylic acid groups (broad SMARTS) is 1. The van der Waals surface area contributed by atoms with E-state index in [9.17, 15) is 19.5 Å². The number of esters is 1. The first kappa shape index (κ1) is 28.1. The summed E-state index contributed by atoms with van der Waals surface area (Å²) < 4.78 is 5.33. The minimum absolute atomic E-state index is 0.105. The van der Waals surface area contributed by atoms with Crippen molar-refractivity contribution in [1.29, 1.82) is 0 Å². The van der Waals surface area contributed by atoms with E-state index >= 15 is 0 Å². The van der Waals surface area contributed by atoms with Gasteiger partial charge in [0.2, 0.25) is 5.91 Å². The molecule has 200 valence electrons. The highest BCUT2D eigenvalue weighted by Gasteiger charge is 2.50. The molecule has 0 radical (unpaired) electrons. The fourth-order valence-electron chi connectivity index (χ4n) is 5.85. The molecule has 3 atom stereocenters. The zero-order chi connectivity index (χ0) is 26.0. The van der Waals surface area contributed by atoms with Gasteiger partial charge in [0, 0.05) is 6.54 Å². The van der Waals surface area contributed by atoms with E-state index in [1.807, 2.05) is 30.3 Å². The highest BCUT2D eigenvalue weighted by molar-refractivity contribution is 5.88. The standard InChI is InChI=1S/C28H43N3O5/c1-2-36-27(35)23(15-14-21-11-5-3-6-12-21)30-22(13-7-10-18-29)25(32)31-20-28(16-8-4-9-17-28)19-24(31)26(33)34/h3,5-6,11-12,22-24,30H,2,4,7-10,13-20,29H2,1H3,(H,33,34)/t22-,23?,24?/m0/s1. The molecule has 1 aromatic carbocycles. The van der Waals surface area contributed by atoms with E-state index in [4.69, 9.17) is 10.5 Å². The van der Waals surface area contributed by atoms with Crippen LogP contribution in [0.3, 0.4) is 0 Å². The fraction of sp³-hybridized carbons (Fsp3) is 0.679. The minimum Gasteiger partial charge on any atom is -0.480 e. The van der Waals surface area contributed by atoms with E-state index in [0.717, 1.165) is 37.7 Å². The number of nitrogens with one attached hydrogen (secondary N) is 1. The average molecular weight is 502 g/mol. The number of carbonyl (C=O) groups excluding carboxylic acids is 2. The number of amides is 1. The predicted octanol–water partition coefficient (Wildman–Crippen LogP) is 3.27. The molecule has 1 aliphatic heterocycles. The van der Waals surface area contributed by atoms with Crippen molar-refractivity contribution in [3.8, 4) is 0 Å². The maximum atomic E-state index is 13.9. The van der Waals surface area contributed by atoms with Crippen LogP contribution in [0.5, 0.6) is 0 Å². The molecule has 36 heavy (non-hydrogen) atoms. The smallest absolute Gasteiger partial charge is 0.326 e. The molecule has 0 bridgehead atoms. The van der Waals surface area contributed by atoms with Gasteiger partial charge in [0.25, 0.3) is 0 Å². The molecule has 2 fully saturated rings. The summed E-state index contributed by atoms with van der Waals surface area (Å²) in [5.74, 6) is -1.56. The number of aliphatic carboxylic acids is 1. The van der Waals surface area contributed by atoms with Crippen molar-refractivity contribution in [2.24, 2.45) is 11.1 Å². The highest BCUT2D eigenvalue weighted by Crippen LogP contribution is 2.46. The number of unbranched alkanes of at least 4 members (excludes halogenated alkanes) is 1. The molecule has 8 nitrogen and oxygen atoms in total. The van der Waals surface area contributed by atoms with Crippen molar-refractivity contribution in [3.05, 3.63) is 35.9 Å². The van der Waals surface area contributed by atoms with Crippen LogP contribution < -0.4 is 11.1 Å². The molecule has 3 rings (SSSR count). The number of rotatable bonds is 13. The van der Waals surface area contributed by atoms with E-state index in [1.54, 1.807) is 11.8 Å². The van der Waals surface area contributed by atoms with Crippen molar-refractivity contribution in [2.45, 2.75) is 95.7 Å². The molecule has 8 heteroatoms. The Labute approximate surface area is 214 Å². The van der Waals surface area contributed by atoms with Gasteiger partial charge in [-0.1, -0.05) is 56.0 Å². The Morgan fingerprint density at radius 3 is 2.47 bits per heavy atom. The number of hydrogen-bond donors (Lipinski definition) is 3. The van der Waals surface area contributed by atoms with Crippen LogP contribution in [0.25, 0.3) is 0 Å². The van der Waals surface area contributed by atoms with Gasteiger partial charge in [0.15, 0.2) is 0 Å². The molecule has 1 saturated carbocycles. The van der Waals surface area contributed by atoms with Gasteiger partial charge in [-0.3, -0.25) is 14.9 Å². The zero-order valence-corrected chi connectivity index (χ0v) is 21.6. The van der Waals surface area contributed by atoms with Crippen LogP contribution in [0.15, 0.2) is 30.3 Å². The van der Waals surface area contributed by atoms with Crippen molar-refractivity contribution in [1.82, 2.24) is 10.2 Å². The molecule has 1 amide bonds. The number of nitrogens with zero attached hydrogens (tertiary/aromatic N) is 1. The van der Waals surface area contributed by atoms with Crippen LogP contribution in [0.1, 0.15) is 76.7 Å². The molecule has 4 N–H and O–H groups in total. The van der Waals surface area contributed by atoms with Crippen molar-refractivity contribution >= 4 is 17.8 Å². The molecule has 1 aromatic rings. The molecule has 2 unspecified atom stereocenters. The summed E-state index contributed by atoms with van der Waals surface area (Å²) in [6.45, 7) is 3.01. The number of carboxylic acids is 1. The van der Waals surface area contributed by atoms with E-state index in [1.165, 1.54) is 6.42 Å². The van der Waals surface area contributed by atoms with E-state index < -0.39 is 24.1 Å². The lowest BCUT2D eigenvalue weighted by Crippen LogP contribution is -2.54. The first-order valence-corrected chi connectivity index (χ1v) is 13.6. The Morgan fingerprint density at radius 2 is 1.83 bits per heavy atom. The molecule has 0 aromatic heterocycles. The highest BCUT2D eigenvalue weighted by atomic mass is 16.5. The summed E-state index contributed by atoms with van der Waals surface area (Å²) in [5, 5.41) is 13.3. The lowest BCUT2D eigenvalue weighted by Gasteiger charge is -2.34. The molecule has 2 aliphatic rings. The van der Waals surface area contributed by atoms with E-state index in [-0.39, 0.29) is 23.9 Å². The lowest BCUT2D eigenvalue weighted by molar-refractivity contribution is -0.150. The Balaban J connectivity index is 1.79. The topological polar surface area (TPSA) is 122 Å². The summed E-state index contributed by atoms with van der Waals surface area (Å²) in [7, 11) is 0. The van der Waals surface area contributed by atoms with Crippen LogP contribution in [0, 0.1) is 5.41 Å². The quantitative estimate of drug-likeness (QED) is 0.280. The zero-order valence-electron chi connectivity index (χ0n) is 21.6. The van der Waals surface area contributed by atoms with Crippen molar-refractivity contribution < 1.29 is 24.2 Å². The van der Waals surface area contributed by atoms with Gasteiger partial charge in [0.1, 0.15) is 12.1 Å². The fourth-order valence-corrected chi connectivity index (χ4v) is 5.85. The maximum absolute atomic E-state index is 13.9. The van der Waals surface area contributed by atoms with Crippen LogP contribution in [-0.2, 0) is 25.5 Å². The number of nitrogens with two attached hydrogens (primary N) is 1. The van der Waals surface area contributed by atoms with Crippen molar-refractivity contribution in [2.75, 3.05) is 19.7 Å². The second kappa shape index (κ2) is 13.7. The lowest BCUT2D eigenvalue weighted by atomic mass is 9.73. The average Bonchev–Trinajstić information content (AvgIpc) is 3.25. The molecular formula is C28H43N3O5. The summed E-state index contributed by atoms with van der Waals surface area (Å²) in [4.78, 5) is 40.5. The molecule has 1 heterocycles. The van der Waals surface area contributed by atoms with Gasteiger partial charge < -0.3 is 20.5 Å². The third-order valence-corrected chi connectivity index (χ3v) is 7.77. The third kappa shape index (κ3) is 7.53. The molecule has 1 spiro atoms. The Morgan fingerprint density at radius 1 is 1.11 bits per heavy atom. The SMILES string of the molecule is CCOC(=O)C(CCc1ccccc1)N[C@@H](CCCCN)C(=O)N1CC2(CCCCC2)CC1C(=O)O. The number of hydrogen-bond acceptors (Lipinski definition) is 6. The van der Waals surface area contributed by atoms with Gasteiger partial charge in [-0.2, -0.15) is 0 Å². The van der Waals surface area contributed by atoms with Gasteiger partial charge in [-0.05, 0) is 69.4 Å². The summed E-state index contributed by atoms with van der Waals surface area (Å²) in [5.41, 5.74) is 6.70. The maximum Gasteiger partial charge on any atom is 0.326 e. The van der Waals surface area contributed by atoms with Gasteiger partial charge in [-0.15, -0.1) is 0 Å². The summed E-state index contributed by atoms with van der Waals surface area (Å²) in [6, 6.07) is 7.75. The summed E-state index contributed by atoms with van der Waals surface area (Å²) >= 11 is 0. The number of carbonyl (C=O) groups is 3. The number of ether oxygens (including phenoxy) is 1. The Kier molecular flexibility index (Phi) is 10.7. The number of benzene rings is 1. The third-order valence-electron chi connectivity index (χ3n) is 7.77. The normalized spacial score (nSPS) is 20.7. The van der Waals surface area contributed by atoms with Crippen LogP contribution in [0.4, 0.5) is 0 Å². The monoisotopic (exact) mass is 501 g/mol. The van der Waals surface area contributed by atoms with Crippen molar-refractivity contribution in [3.63, 3.8) is 0 Å². The second-order valence-corrected chi connectivity index (χ2v) is 10.4. The van der Waals surface area contributed by atoms with Crippen LogP contribution >= 0.6 is 0 Å². The number of likely N-dealkylation sites (tertiary alicyclic amines) is 1. The van der Waals surface area contributed by atoms with Gasteiger partial charge in [-0.25, -0.2) is 4.79 Å². The first-order chi connectivity index (χ1) is 17.4. The summed E-state index contributed by atoms with van der Waals surface area (Å²) in [6.07, 6.45) is 8.88. The van der Waals surface area contributed by atoms with E-state index in [0.29, 0.717) is 45.2 Å². The largest absolute Gasteiger partial charge is 0.480 e. The number of aryl methyl sites for hydroxylation is 1. The Bertz CT molecular complexity index is 856. The molecule has 1 saturated heterocycles. The second-order valence-electron chi connectivity index (χ2n) is 10.4. The Hall–Kier alpha value is -2.45. The van der Waals surface area contributed by atoms with Crippen LogP contribution in [0.2, 0.25) is 0 Å².